The van der Waals surface area contributed by atoms with Crippen LogP contribution >= 0.6 is 0 Å². The van der Waals surface area contributed by atoms with Crippen LogP contribution in [0.4, 0.5) is 11.5 Å². The van der Waals surface area contributed by atoms with E-state index in [-0.39, 0.29) is 29.4 Å². The summed E-state index contributed by atoms with van der Waals surface area (Å²) in [5, 5.41) is 2.88. The van der Waals surface area contributed by atoms with Gasteiger partial charge in [0.2, 0.25) is 11.8 Å². The molecule has 2 aliphatic rings. The maximum Gasteiger partial charge on any atom is 0.290 e. The number of amides is 3. The number of nitrogens with two attached hydrogens (primary N) is 1. The molecule has 3 amide bonds. The van der Waals surface area contributed by atoms with Crippen molar-refractivity contribution in [1.29, 1.82) is 0 Å². The molecule has 2 unspecified atom stereocenters. The number of primary amides is 1. The summed E-state index contributed by atoms with van der Waals surface area (Å²) in [5.74, 6) is 0.0275. The molecule has 2 fully saturated rings. The lowest BCUT2D eigenvalue weighted by Gasteiger charge is -2.34. The number of anilines is 2. The molecule has 164 valence electrons. The minimum Gasteiger partial charge on any atom is -0.459 e. The fraction of sp³-hybridized carbons (Fsp3) is 0.455. The summed E-state index contributed by atoms with van der Waals surface area (Å²) in [7, 11) is 0. The molecule has 4 rings (SSSR count). The lowest BCUT2D eigenvalue weighted by atomic mass is 9.97. The van der Waals surface area contributed by atoms with Gasteiger partial charge in [-0.2, -0.15) is 0 Å². The van der Waals surface area contributed by atoms with Crippen LogP contribution in [0.15, 0.2) is 41.1 Å². The number of carbonyl (C=O) groups excluding carboxylic acids is 3. The van der Waals surface area contributed by atoms with E-state index in [1.165, 1.54) is 6.26 Å². The van der Waals surface area contributed by atoms with Crippen molar-refractivity contribution >= 4 is 29.2 Å². The van der Waals surface area contributed by atoms with Gasteiger partial charge in [0.15, 0.2) is 5.76 Å². The third-order valence-corrected chi connectivity index (χ3v) is 5.96. The molecular weight excluding hydrogens is 398 g/mol. The molecule has 2 aromatic rings. The Balaban J connectivity index is 1.40. The van der Waals surface area contributed by atoms with Gasteiger partial charge in [-0.3, -0.25) is 14.4 Å². The molecule has 0 bridgehead atoms. The van der Waals surface area contributed by atoms with Crippen LogP contribution in [-0.2, 0) is 9.59 Å². The lowest BCUT2D eigenvalue weighted by molar-refractivity contribution is -0.122. The average molecular weight is 425 g/mol. The van der Waals surface area contributed by atoms with Crippen molar-refractivity contribution in [2.24, 2.45) is 11.7 Å². The van der Waals surface area contributed by atoms with Crippen molar-refractivity contribution < 1.29 is 18.8 Å². The number of carbonyl (C=O) groups is 3. The monoisotopic (exact) mass is 425 g/mol. The Bertz CT molecular complexity index is 928. The summed E-state index contributed by atoms with van der Waals surface area (Å²) in [5.41, 5.74) is 6.02. The van der Waals surface area contributed by atoms with Crippen LogP contribution in [0.5, 0.6) is 0 Å². The Hall–Kier alpha value is -3.36. The highest BCUT2D eigenvalue weighted by Gasteiger charge is 2.33. The van der Waals surface area contributed by atoms with E-state index in [1.807, 2.05) is 11.0 Å². The van der Waals surface area contributed by atoms with Gasteiger partial charge < -0.3 is 25.3 Å². The number of aromatic nitrogens is 1. The topological polar surface area (TPSA) is 122 Å². The van der Waals surface area contributed by atoms with Crippen molar-refractivity contribution in [3.63, 3.8) is 0 Å². The minimum atomic E-state index is -0.551. The molecule has 0 saturated carbocycles. The molecule has 9 heteroatoms. The van der Waals surface area contributed by atoms with Crippen LogP contribution in [0.2, 0.25) is 0 Å². The molecule has 2 aliphatic heterocycles. The normalized spacial score (nSPS) is 21.5. The fourth-order valence-corrected chi connectivity index (χ4v) is 4.28. The first-order valence-electron chi connectivity index (χ1n) is 10.7. The Morgan fingerprint density at radius 1 is 1.10 bits per heavy atom. The van der Waals surface area contributed by atoms with Gasteiger partial charge in [-0.15, -0.1) is 0 Å². The first-order valence-corrected chi connectivity index (χ1v) is 10.7. The lowest BCUT2D eigenvalue weighted by Crippen LogP contribution is -2.49. The second kappa shape index (κ2) is 9.20. The van der Waals surface area contributed by atoms with Gasteiger partial charge >= 0.3 is 0 Å². The van der Waals surface area contributed by atoms with Crippen LogP contribution in [-0.4, -0.2) is 53.3 Å². The number of piperidine rings is 2. The van der Waals surface area contributed by atoms with Crippen molar-refractivity contribution in [3.05, 3.63) is 42.5 Å². The maximum atomic E-state index is 12.9. The molecule has 0 aliphatic carbocycles. The number of likely N-dealkylation sites (tertiary alicyclic amines) is 1. The van der Waals surface area contributed by atoms with E-state index in [1.54, 1.807) is 29.3 Å². The quantitative estimate of drug-likeness (QED) is 0.756. The number of rotatable bonds is 5. The highest BCUT2D eigenvalue weighted by Crippen LogP contribution is 2.24. The second-order valence-corrected chi connectivity index (χ2v) is 8.07. The third kappa shape index (κ3) is 4.70. The molecule has 0 radical (unpaired) electrons. The van der Waals surface area contributed by atoms with E-state index in [4.69, 9.17) is 10.2 Å². The molecule has 2 saturated heterocycles. The van der Waals surface area contributed by atoms with E-state index in [2.05, 4.69) is 10.3 Å². The zero-order valence-electron chi connectivity index (χ0n) is 17.3. The summed E-state index contributed by atoms with van der Waals surface area (Å²) in [6.07, 6.45) is 7.08. The second-order valence-electron chi connectivity index (χ2n) is 8.07. The van der Waals surface area contributed by atoms with E-state index in [0.29, 0.717) is 25.2 Å². The van der Waals surface area contributed by atoms with Gasteiger partial charge in [0.05, 0.1) is 24.1 Å². The Kier molecular flexibility index (Phi) is 6.20. The summed E-state index contributed by atoms with van der Waals surface area (Å²) < 4.78 is 5.22. The smallest absolute Gasteiger partial charge is 0.290 e. The zero-order valence-corrected chi connectivity index (χ0v) is 17.3. The van der Waals surface area contributed by atoms with Gasteiger partial charge in [0, 0.05) is 19.6 Å². The van der Waals surface area contributed by atoms with E-state index in [9.17, 15) is 14.4 Å². The van der Waals surface area contributed by atoms with Crippen LogP contribution in [0, 0.1) is 5.92 Å². The van der Waals surface area contributed by atoms with Gasteiger partial charge in [-0.1, -0.05) is 0 Å². The summed E-state index contributed by atoms with van der Waals surface area (Å²) in [6.45, 7) is 1.89. The number of hydrogen-bond donors (Lipinski definition) is 2. The molecule has 0 aromatic carbocycles. The van der Waals surface area contributed by atoms with Crippen molar-refractivity contribution in [3.8, 4) is 0 Å². The largest absolute Gasteiger partial charge is 0.459 e. The average Bonchev–Trinajstić information content (AvgIpc) is 3.34. The molecule has 2 aromatic heterocycles. The highest BCUT2D eigenvalue weighted by atomic mass is 16.3. The third-order valence-electron chi connectivity index (χ3n) is 5.96. The molecular formula is C22H27N5O4. The van der Waals surface area contributed by atoms with Gasteiger partial charge in [0.25, 0.3) is 5.91 Å². The number of nitrogens with one attached hydrogen (secondary N) is 1. The number of pyridine rings is 1. The van der Waals surface area contributed by atoms with Crippen LogP contribution in [0.25, 0.3) is 0 Å². The molecule has 3 N–H and O–H groups in total. The highest BCUT2D eigenvalue weighted by molar-refractivity contribution is 6.00. The Morgan fingerprint density at radius 2 is 1.97 bits per heavy atom. The maximum absolute atomic E-state index is 12.9. The Labute approximate surface area is 180 Å². The Morgan fingerprint density at radius 3 is 2.68 bits per heavy atom. The van der Waals surface area contributed by atoms with E-state index >= 15 is 0 Å². The number of hydrogen-bond acceptors (Lipinski definition) is 6. The van der Waals surface area contributed by atoms with Gasteiger partial charge in [-0.05, 0) is 56.4 Å². The zero-order chi connectivity index (χ0) is 21.8. The molecule has 4 heterocycles. The van der Waals surface area contributed by atoms with Crippen LogP contribution in [0.3, 0.4) is 0 Å². The van der Waals surface area contributed by atoms with Crippen molar-refractivity contribution in [2.75, 3.05) is 29.9 Å². The number of nitrogens with zero attached hydrogens (tertiary/aromatic N) is 3. The molecule has 2 atom stereocenters. The van der Waals surface area contributed by atoms with Crippen molar-refractivity contribution in [1.82, 2.24) is 9.88 Å². The van der Waals surface area contributed by atoms with Gasteiger partial charge in [0.1, 0.15) is 11.9 Å². The SMILES string of the molecule is NC(=O)C1CCCN(c2ccc(NC(=O)C3CCCCN3C(=O)c3ccco3)cn2)C1. The molecule has 0 spiro atoms. The van der Waals surface area contributed by atoms with Crippen molar-refractivity contribution in [2.45, 2.75) is 38.1 Å². The standard InChI is InChI=1S/C22H27N5O4/c23-20(28)15-5-3-10-26(14-15)19-9-8-16(13-24-19)25-21(29)17-6-1-2-11-27(17)22(30)18-7-4-12-31-18/h4,7-9,12-13,15,17H,1-3,5-6,10-11,14H2,(H2,23,28)(H,25,29). The molecule has 9 nitrogen and oxygen atoms in total. The number of furan rings is 1. The minimum absolute atomic E-state index is 0.168. The predicted octanol–water partition coefficient (Wildman–Crippen LogP) is 2.01. The van der Waals surface area contributed by atoms with Gasteiger partial charge in [-0.25, -0.2) is 4.98 Å². The summed E-state index contributed by atoms with van der Waals surface area (Å²) in [4.78, 5) is 45.2. The summed E-state index contributed by atoms with van der Waals surface area (Å²) in [6, 6.07) is 6.33. The molecule has 31 heavy (non-hydrogen) atoms. The van der Waals surface area contributed by atoms with Crippen LogP contribution < -0.4 is 16.0 Å². The van der Waals surface area contributed by atoms with E-state index < -0.39 is 6.04 Å². The first-order chi connectivity index (χ1) is 15.0. The summed E-state index contributed by atoms with van der Waals surface area (Å²) >= 11 is 0. The van der Waals surface area contributed by atoms with E-state index in [0.717, 1.165) is 38.0 Å². The van der Waals surface area contributed by atoms with Crippen LogP contribution in [0.1, 0.15) is 42.7 Å². The first kappa shape index (κ1) is 20.9. The fourth-order valence-electron chi connectivity index (χ4n) is 4.28. The predicted molar refractivity (Wildman–Crippen MR) is 114 cm³/mol.